The number of oxime groups is 1. The average molecular weight is 271 g/mol. The molecule has 0 aliphatic carbocycles. The molecule has 3 N–H and O–H groups in total. The number of hydrogen-bond donors (Lipinski definition) is 2. The largest absolute Gasteiger partial charge is 0.438 e. The summed E-state index contributed by atoms with van der Waals surface area (Å²) < 4.78 is 5.73. The molecule has 0 radical (unpaired) electrons. The normalized spacial score (nSPS) is 11.4. The molecule has 0 aliphatic rings. The van der Waals surface area contributed by atoms with E-state index in [1.165, 1.54) is 5.56 Å². The third-order valence-corrected chi connectivity index (χ3v) is 2.93. The molecule has 1 aromatic heterocycles. The molecule has 2 aromatic rings. The molecule has 0 bridgehead atoms. The van der Waals surface area contributed by atoms with E-state index in [4.69, 9.17) is 15.7 Å². The van der Waals surface area contributed by atoms with Crippen molar-refractivity contribution in [1.29, 1.82) is 0 Å². The summed E-state index contributed by atoms with van der Waals surface area (Å²) in [5.41, 5.74) is 8.10. The Morgan fingerprint density at radius 2 is 1.95 bits per heavy atom. The maximum atomic E-state index is 8.80. The van der Waals surface area contributed by atoms with Crippen LogP contribution in [-0.4, -0.2) is 16.0 Å². The highest BCUT2D eigenvalue weighted by atomic mass is 16.5. The summed E-state index contributed by atoms with van der Waals surface area (Å²) in [6.45, 7) is 3.94. The van der Waals surface area contributed by atoms with E-state index in [1.807, 2.05) is 31.2 Å². The van der Waals surface area contributed by atoms with E-state index >= 15 is 0 Å². The second-order valence-corrected chi connectivity index (χ2v) is 4.39. The van der Waals surface area contributed by atoms with E-state index in [0.717, 1.165) is 12.1 Å². The summed E-state index contributed by atoms with van der Waals surface area (Å²) in [6, 6.07) is 11.2. The smallest absolute Gasteiger partial charge is 0.230 e. The van der Waals surface area contributed by atoms with Crippen molar-refractivity contribution in [3.8, 4) is 11.6 Å². The van der Waals surface area contributed by atoms with E-state index in [1.54, 1.807) is 12.1 Å². The summed E-state index contributed by atoms with van der Waals surface area (Å²) in [5.74, 6) is 0.953. The molecule has 0 atom stereocenters. The van der Waals surface area contributed by atoms with E-state index < -0.39 is 0 Å². The van der Waals surface area contributed by atoms with Crippen molar-refractivity contribution in [1.82, 2.24) is 4.98 Å². The quantitative estimate of drug-likeness (QED) is 0.388. The zero-order valence-electron chi connectivity index (χ0n) is 11.5. The fraction of sp³-hybridized carbons (Fsp3) is 0.200. The number of ether oxygens (including phenoxy) is 1. The third-order valence-electron chi connectivity index (χ3n) is 2.93. The number of amidine groups is 1. The molecule has 104 valence electrons. The number of nitrogens with two attached hydrogens (primary N) is 1. The number of benzene rings is 1. The molecule has 0 amide bonds. The van der Waals surface area contributed by atoms with Crippen molar-refractivity contribution in [2.75, 3.05) is 0 Å². The molecule has 1 heterocycles. The molecule has 1 aromatic carbocycles. The lowest BCUT2D eigenvalue weighted by Gasteiger charge is -2.10. The first-order valence-electron chi connectivity index (χ1n) is 6.36. The fourth-order valence-corrected chi connectivity index (χ4v) is 1.76. The lowest BCUT2D eigenvalue weighted by atomic mass is 10.2. The van der Waals surface area contributed by atoms with E-state index in [0.29, 0.717) is 17.2 Å². The molecular weight excluding hydrogens is 254 g/mol. The lowest BCUT2D eigenvalue weighted by Crippen LogP contribution is -2.15. The first-order chi connectivity index (χ1) is 9.63. The predicted molar refractivity (Wildman–Crippen MR) is 77.4 cm³/mol. The van der Waals surface area contributed by atoms with Gasteiger partial charge in [0.1, 0.15) is 5.75 Å². The van der Waals surface area contributed by atoms with Gasteiger partial charge in [-0.05, 0) is 43.2 Å². The molecule has 20 heavy (non-hydrogen) atoms. The van der Waals surface area contributed by atoms with Crippen LogP contribution in [0.2, 0.25) is 0 Å². The van der Waals surface area contributed by atoms with E-state index in [2.05, 4.69) is 17.1 Å². The van der Waals surface area contributed by atoms with E-state index in [9.17, 15) is 0 Å². The zero-order valence-corrected chi connectivity index (χ0v) is 11.5. The van der Waals surface area contributed by atoms with Crippen LogP contribution < -0.4 is 10.5 Å². The van der Waals surface area contributed by atoms with Crippen molar-refractivity contribution >= 4 is 5.84 Å². The number of aryl methyl sites for hydroxylation is 2. The monoisotopic (exact) mass is 271 g/mol. The van der Waals surface area contributed by atoms with Crippen LogP contribution in [0.1, 0.15) is 23.7 Å². The average Bonchev–Trinajstić information content (AvgIpc) is 2.47. The van der Waals surface area contributed by atoms with Gasteiger partial charge in [0.2, 0.25) is 5.88 Å². The number of aromatic nitrogens is 1. The molecule has 5 nitrogen and oxygen atoms in total. The topological polar surface area (TPSA) is 80.7 Å². The Balaban J connectivity index is 2.33. The number of hydrogen-bond acceptors (Lipinski definition) is 4. The Kier molecular flexibility index (Phi) is 4.20. The minimum atomic E-state index is -0.0299. The summed E-state index contributed by atoms with van der Waals surface area (Å²) in [4.78, 5) is 4.29. The molecule has 0 saturated heterocycles. The van der Waals surface area contributed by atoms with Crippen LogP contribution in [0.3, 0.4) is 0 Å². The summed E-state index contributed by atoms with van der Waals surface area (Å²) >= 11 is 0. The third kappa shape index (κ3) is 3.06. The highest BCUT2D eigenvalue weighted by Gasteiger charge is 2.11. The minimum Gasteiger partial charge on any atom is -0.438 e. The summed E-state index contributed by atoms with van der Waals surface area (Å²) in [6.07, 6.45) is 0.971. The van der Waals surface area contributed by atoms with Crippen molar-refractivity contribution in [2.45, 2.75) is 20.3 Å². The molecular formula is C15H17N3O2. The minimum absolute atomic E-state index is 0.0299. The molecule has 0 unspecified atom stereocenters. The molecule has 0 fully saturated rings. The van der Waals surface area contributed by atoms with Gasteiger partial charge in [0.05, 0.1) is 5.56 Å². The van der Waals surface area contributed by atoms with Crippen molar-refractivity contribution < 1.29 is 9.94 Å². The highest BCUT2D eigenvalue weighted by Crippen LogP contribution is 2.24. The van der Waals surface area contributed by atoms with Gasteiger partial charge in [-0.3, -0.25) is 0 Å². The summed E-state index contributed by atoms with van der Waals surface area (Å²) in [7, 11) is 0. The second kappa shape index (κ2) is 6.06. The van der Waals surface area contributed by atoms with Gasteiger partial charge in [-0.1, -0.05) is 24.2 Å². The maximum absolute atomic E-state index is 8.80. The highest BCUT2D eigenvalue weighted by molar-refractivity contribution is 5.99. The lowest BCUT2D eigenvalue weighted by molar-refractivity contribution is 0.318. The first-order valence-corrected chi connectivity index (χ1v) is 6.36. The molecule has 5 heteroatoms. The van der Waals surface area contributed by atoms with Crippen LogP contribution in [-0.2, 0) is 6.42 Å². The van der Waals surface area contributed by atoms with Crippen LogP contribution in [0.5, 0.6) is 11.6 Å². The van der Waals surface area contributed by atoms with Crippen molar-refractivity contribution in [3.05, 3.63) is 53.2 Å². The van der Waals surface area contributed by atoms with Gasteiger partial charge in [0, 0.05) is 5.69 Å². The molecule has 0 aliphatic heterocycles. The van der Waals surface area contributed by atoms with Gasteiger partial charge >= 0.3 is 0 Å². The van der Waals surface area contributed by atoms with Gasteiger partial charge in [-0.25, -0.2) is 4.98 Å². The van der Waals surface area contributed by atoms with Gasteiger partial charge in [0.25, 0.3) is 0 Å². The van der Waals surface area contributed by atoms with Gasteiger partial charge in [0.15, 0.2) is 5.84 Å². The molecule has 2 rings (SSSR count). The Morgan fingerprint density at radius 1 is 1.25 bits per heavy atom. The zero-order chi connectivity index (χ0) is 14.5. The number of pyridine rings is 1. The van der Waals surface area contributed by atoms with Crippen LogP contribution in [0.25, 0.3) is 0 Å². The maximum Gasteiger partial charge on any atom is 0.230 e. The molecule has 0 saturated carbocycles. The number of nitrogens with zero attached hydrogens (tertiary/aromatic N) is 2. The first kappa shape index (κ1) is 13.9. The van der Waals surface area contributed by atoms with Crippen LogP contribution in [0.4, 0.5) is 0 Å². The Bertz CT molecular complexity index is 622. The Morgan fingerprint density at radius 3 is 2.55 bits per heavy atom. The molecule has 0 spiro atoms. The van der Waals surface area contributed by atoms with Gasteiger partial charge in [-0.15, -0.1) is 0 Å². The van der Waals surface area contributed by atoms with E-state index in [-0.39, 0.29) is 5.84 Å². The van der Waals surface area contributed by atoms with Gasteiger partial charge < -0.3 is 15.7 Å². The fourth-order valence-electron chi connectivity index (χ4n) is 1.76. The standard InChI is InChI=1S/C15H17N3O2/c1-3-11-5-7-12(8-6-11)20-15-13(14(16)18-19)9-4-10(2)17-15/h4-9,19H,3H2,1-2H3,(H2,16,18). The SMILES string of the molecule is CCc1ccc(Oc2nc(C)ccc2C(N)=NO)cc1. The number of rotatable bonds is 4. The van der Waals surface area contributed by atoms with Crippen molar-refractivity contribution in [3.63, 3.8) is 0 Å². The van der Waals surface area contributed by atoms with Crippen LogP contribution in [0, 0.1) is 6.92 Å². The Labute approximate surface area is 117 Å². The predicted octanol–water partition coefficient (Wildman–Crippen LogP) is 2.84. The van der Waals surface area contributed by atoms with Crippen LogP contribution >= 0.6 is 0 Å². The Hall–Kier alpha value is -2.56. The van der Waals surface area contributed by atoms with Gasteiger partial charge in [-0.2, -0.15) is 0 Å². The summed E-state index contributed by atoms with van der Waals surface area (Å²) in [5, 5.41) is 11.8. The second-order valence-electron chi connectivity index (χ2n) is 4.39. The van der Waals surface area contributed by atoms with Crippen LogP contribution in [0.15, 0.2) is 41.6 Å². The van der Waals surface area contributed by atoms with Crippen molar-refractivity contribution in [2.24, 2.45) is 10.9 Å².